The highest BCUT2D eigenvalue weighted by Gasteiger charge is 2.55. The van der Waals surface area contributed by atoms with Crippen LogP contribution in [-0.2, 0) is 20.6 Å². The number of aliphatic hydroxyl groups excluding tert-OH is 1. The molecule has 2 aliphatic heterocycles. The zero-order valence-electron chi connectivity index (χ0n) is 17.7. The van der Waals surface area contributed by atoms with Gasteiger partial charge in [-0.3, -0.25) is 4.79 Å². The first-order valence-electron chi connectivity index (χ1n) is 11.0. The van der Waals surface area contributed by atoms with Crippen molar-refractivity contribution in [3.05, 3.63) is 71.3 Å². The molecule has 1 amide bonds. The number of fused-ring (bicyclic) bond motifs is 1. The van der Waals surface area contributed by atoms with Gasteiger partial charge in [-0.15, -0.1) is 0 Å². The van der Waals surface area contributed by atoms with Crippen LogP contribution < -0.4 is 0 Å². The van der Waals surface area contributed by atoms with Crippen molar-refractivity contribution in [1.29, 1.82) is 0 Å². The maximum atomic E-state index is 13.0. The van der Waals surface area contributed by atoms with Crippen LogP contribution in [0.1, 0.15) is 35.4 Å². The van der Waals surface area contributed by atoms with E-state index in [1.807, 2.05) is 30.3 Å². The van der Waals surface area contributed by atoms with Gasteiger partial charge in [0.2, 0.25) is 15.9 Å². The van der Waals surface area contributed by atoms with E-state index in [2.05, 4.69) is 11.8 Å². The molecule has 0 bridgehead atoms. The summed E-state index contributed by atoms with van der Waals surface area (Å²) in [6, 6.07) is 16.3. The van der Waals surface area contributed by atoms with Gasteiger partial charge in [-0.05, 0) is 36.1 Å². The molecule has 3 atom stereocenters. The molecular weight excluding hydrogens is 424 g/mol. The number of nitrogens with zero attached hydrogens (tertiary/aromatic N) is 2. The first-order valence-corrected chi connectivity index (χ1v) is 12.6. The van der Waals surface area contributed by atoms with E-state index in [-0.39, 0.29) is 49.4 Å². The van der Waals surface area contributed by atoms with Gasteiger partial charge in [-0.25, -0.2) is 8.42 Å². The van der Waals surface area contributed by atoms with Crippen LogP contribution >= 0.6 is 0 Å². The van der Waals surface area contributed by atoms with E-state index in [0.717, 1.165) is 11.1 Å². The molecule has 3 aliphatic rings. The summed E-state index contributed by atoms with van der Waals surface area (Å²) in [6.07, 6.45) is 2.36. The van der Waals surface area contributed by atoms with Crippen LogP contribution in [0.15, 0.2) is 54.6 Å². The Morgan fingerprint density at radius 3 is 2.41 bits per heavy atom. The number of rotatable bonds is 5. The number of carbonyl (C=O) groups is 1. The standard InChI is InChI=1S/C25H26N2O4S/c28-16-23-25(21-12-10-19(11-13-21)9-8-18-6-7-18)22-14-26(15-24(29)27(22)23)32(30,31)17-20-4-2-1-3-5-20/h1-5,10-13,18,22-23,25,28H,6-7,14-17H2/t22-,23-,25+/m0/s1. The van der Waals surface area contributed by atoms with Crippen molar-refractivity contribution in [2.75, 3.05) is 19.7 Å². The third kappa shape index (κ3) is 4.06. The molecule has 2 aromatic rings. The summed E-state index contributed by atoms with van der Waals surface area (Å²) in [6.45, 7) is -0.0806. The molecule has 0 radical (unpaired) electrons. The second-order valence-electron chi connectivity index (χ2n) is 8.84. The average Bonchev–Trinajstić information content (AvgIpc) is 3.59. The normalized spacial score (nSPS) is 25.5. The summed E-state index contributed by atoms with van der Waals surface area (Å²) in [4.78, 5) is 14.5. The fraction of sp³-hybridized carbons (Fsp3) is 0.400. The van der Waals surface area contributed by atoms with Gasteiger partial charge in [0.15, 0.2) is 0 Å². The van der Waals surface area contributed by atoms with Crippen molar-refractivity contribution in [2.24, 2.45) is 5.92 Å². The van der Waals surface area contributed by atoms with Crippen molar-refractivity contribution in [1.82, 2.24) is 9.21 Å². The Bertz CT molecular complexity index is 1160. The summed E-state index contributed by atoms with van der Waals surface area (Å²) in [5.74, 6) is 6.49. The van der Waals surface area contributed by atoms with Crippen LogP contribution in [0.4, 0.5) is 0 Å². The highest BCUT2D eigenvalue weighted by atomic mass is 32.2. The minimum atomic E-state index is -3.63. The molecule has 1 saturated carbocycles. The second kappa shape index (κ2) is 8.36. The van der Waals surface area contributed by atoms with Crippen LogP contribution in [0.2, 0.25) is 0 Å². The first kappa shape index (κ1) is 21.2. The van der Waals surface area contributed by atoms with E-state index in [4.69, 9.17) is 0 Å². The minimum Gasteiger partial charge on any atom is -0.394 e. The molecule has 0 aromatic heterocycles. The smallest absolute Gasteiger partial charge is 0.238 e. The molecule has 2 saturated heterocycles. The van der Waals surface area contributed by atoms with Gasteiger partial charge in [0.05, 0.1) is 31.0 Å². The lowest BCUT2D eigenvalue weighted by molar-refractivity contribution is -0.158. The quantitative estimate of drug-likeness (QED) is 0.707. The summed E-state index contributed by atoms with van der Waals surface area (Å²) in [5.41, 5.74) is 2.64. The Labute approximate surface area is 188 Å². The predicted octanol–water partition coefficient (Wildman–Crippen LogP) is 1.95. The number of carbonyl (C=O) groups excluding carboxylic acids is 1. The zero-order valence-corrected chi connectivity index (χ0v) is 18.5. The predicted molar refractivity (Wildman–Crippen MR) is 121 cm³/mol. The monoisotopic (exact) mass is 450 g/mol. The summed E-state index contributed by atoms with van der Waals surface area (Å²) in [7, 11) is -3.63. The number of hydrogen-bond donors (Lipinski definition) is 1. The molecule has 1 N–H and O–H groups in total. The van der Waals surface area contributed by atoms with E-state index in [9.17, 15) is 18.3 Å². The number of benzene rings is 2. The topological polar surface area (TPSA) is 77.9 Å². The van der Waals surface area contributed by atoms with Crippen LogP contribution in [0, 0.1) is 17.8 Å². The van der Waals surface area contributed by atoms with Crippen molar-refractivity contribution in [3.8, 4) is 11.8 Å². The summed E-state index contributed by atoms with van der Waals surface area (Å²) < 4.78 is 27.4. The van der Waals surface area contributed by atoms with E-state index in [1.54, 1.807) is 29.2 Å². The minimum absolute atomic E-state index is 0.107. The van der Waals surface area contributed by atoms with Gasteiger partial charge >= 0.3 is 0 Å². The SMILES string of the molecule is O=C1CN(S(=O)(=O)Cc2ccccc2)C[C@H]2[C@@H](c3ccc(C#CC4CC4)cc3)[C@H](CO)N12. The van der Waals surface area contributed by atoms with Gasteiger partial charge in [-0.1, -0.05) is 54.3 Å². The maximum absolute atomic E-state index is 13.0. The van der Waals surface area contributed by atoms with Crippen molar-refractivity contribution < 1.29 is 18.3 Å². The van der Waals surface area contributed by atoms with Crippen LogP contribution in [-0.4, -0.2) is 60.4 Å². The molecule has 2 heterocycles. The Morgan fingerprint density at radius 2 is 1.75 bits per heavy atom. The Balaban J connectivity index is 1.35. The molecular formula is C25H26N2O4S. The lowest BCUT2D eigenvalue weighted by Crippen LogP contribution is -2.73. The number of amides is 1. The Kier molecular flexibility index (Phi) is 5.54. The third-order valence-electron chi connectivity index (χ3n) is 6.60. The second-order valence-corrected chi connectivity index (χ2v) is 10.8. The lowest BCUT2D eigenvalue weighted by atomic mass is 9.74. The number of piperazine rings is 1. The number of hydrogen-bond acceptors (Lipinski definition) is 4. The molecule has 0 spiro atoms. The number of sulfonamides is 1. The molecule has 1 aliphatic carbocycles. The fourth-order valence-electron chi connectivity index (χ4n) is 4.76. The molecule has 2 aromatic carbocycles. The van der Waals surface area contributed by atoms with Crippen molar-refractivity contribution >= 4 is 15.9 Å². The van der Waals surface area contributed by atoms with Crippen LogP contribution in [0.3, 0.4) is 0 Å². The van der Waals surface area contributed by atoms with E-state index in [1.165, 1.54) is 17.1 Å². The van der Waals surface area contributed by atoms with Crippen molar-refractivity contribution in [2.45, 2.75) is 36.6 Å². The first-order chi connectivity index (χ1) is 15.5. The molecule has 5 rings (SSSR count). The van der Waals surface area contributed by atoms with Gasteiger partial charge in [-0.2, -0.15) is 4.31 Å². The molecule has 0 unspecified atom stereocenters. The van der Waals surface area contributed by atoms with Gasteiger partial charge in [0.25, 0.3) is 0 Å². The molecule has 6 nitrogen and oxygen atoms in total. The molecule has 32 heavy (non-hydrogen) atoms. The van der Waals surface area contributed by atoms with Gasteiger partial charge in [0.1, 0.15) is 0 Å². The average molecular weight is 451 g/mol. The van der Waals surface area contributed by atoms with E-state index < -0.39 is 10.0 Å². The third-order valence-corrected chi connectivity index (χ3v) is 8.36. The zero-order chi connectivity index (χ0) is 22.3. The fourth-order valence-corrected chi connectivity index (χ4v) is 6.24. The summed E-state index contributed by atoms with van der Waals surface area (Å²) in [5, 5.41) is 9.95. The highest BCUT2D eigenvalue weighted by Crippen LogP contribution is 2.43. The molecule has 166 valence electrons. The van der Waals surface area contributed by atoms with Crippen molar-refractivity contribution in [3.63, 3.8) is 0 Å². The molecule has 7 heteroatoms. The summed E-state index contributed by atoms with van der Waals surface area (Å²) >= 11 is 0. The van der Waals surface area contributed by atoms with Gasteiger partial charge in [0, 0.05) is 23.9 Å². The van der Waals surface area contributed by atoms with Gasteiger partial charge < -0.3 is 10.0 Å². The Morgan fingerprint density at radius 1 is 1.03 bits per heavy atom. The van der Waals surface area contributed by atoms with E-state index in [0.29, 0.717) is 11.5 Å². The van der Waals surface area contributed by atoms with Crippen LogP contribution in [0.5, 0.6) is 0 Å². The molecule has 3 fully saturated rings. The largest absolute Gasteiger partial charge is 0.394 e. The number of aliphatic hydroxyl groups is 1. The van der Waals surface area contributed by atoms with Crippen LogP contribution in [0.25, 0.3) is 0 Å². The maximum Gasteiger partial charge on any atom is 0.238 e. The highest BCUT2D eigenvalue weighted by molar-refractivity contribution is 7.88. The van der Waals surface area contributed by atoms with E-state index >= 15 is 0 Å². The lowest BCUT2D eigenvalue weighted by Gasteiger charge is -2.58. The Hall–Kier alpha value is -2.66.